The Balaban J connectivity index is 2.77. The Labute approximate surface area is 83.6 Å². The van der Waals surface area contributed by atoms with E-state index in [9.17, 15) is 4.79 Å². The molecule has 1 aliphatic rings. The van der Waals surface area contributed by atoms with Crippen LogP contribution in [-0.4, -0.2) is 49.5 Å². The predicted octanol–water partition coefficient (Wildman–Crippen LogP) is 0.254. The SMILES string of the molecule is CON(C)C(=O)C1=NCN(C)C(C)=C1. The molecule has 0 bridgehead atoms. The number of hydroxylamine groups is 2. The van der Waals surface area contributed by atoms with Crippen LogP contribution in [0.1, 0.15) is 6.92 Å². The molecule has 1 rings (SSSR count). The number of amides is 1. The maximum atomic E-state index is 11.6. The average Bonchev–Trinajstić information content (AvgIpc) is 2.20. The molecule has 14 heavy (non-hydrogen) atoms. The summed E-state index contributed by atoms with van der Waals surface area (Å²) < 4.78 is 0. The van der Waals surface area contributed by atoms with Crippen LogP contribution in [0.25, 0.3) is 0 Å². The van der Waals surface area contributed by atoms with Gasteiger partial charge in [0.2, 0.25) is 0 Å². The zero-order valence-corrected chi connectivity index (χ0v) is 8.94. The normalized spacial score (nSPS) is 16.1. The third kappa shape index (κ3) is 2.11. The van der Waals surface area contributed by atoms with Crippen molar-refractivity contribution >= 4 is 11.6 Å². The second-order valence-corrected chi connectivity index (χ2v) is 3.15. The molecule has 1 heterocycles. The predicted molar refractivity (Wildman–Crippen MR) is 53.6 cm³/mol. The fraction of sp³-hybridized carbons (Fsp3) is 0.556. The maximum absolute atomic E-state index is 11.6. The van der Waals surface area contributed by atoms with Crippen molar-refractivity contribution in [2.45, 2.75) is 6.92 Å². The largest absolute Gasteiger partial charge is 0.359 e. The van der Waals surface area contributed by atoms with Gasteiger partial charge < -0.3 is 4.90 Å². The lowest BCUT2D eigenvalue weighted by molar-refractivity contribution is -0.160. The minimum atomic E-state index is -0.222. The maximum Gasteiger partial charge on any atom is 0.295 e. The van der Waals surface area contributed by atoms with Gasteiger partial charge >= 0.3 is 0 Å². The smallest absolute Gasteiger partial charge is 0.295 e. The Bertz CT molecular complexity index is 296. The second-order valence-electron chi connectivity index (χ2n) is 3.15. The van der Waals surface area contributed by atoms with Crippen LogP contribution in [0.2, 0.25) is 0 Å². The summed E-state index contributed by atoms with van der Waals surface area (Å²) >= 11 is 0. The summed E-state index contributed by atoms with van der Waals surface area (Å²) in [5.41, 5.74) is 1.46. The van der Waals surface area contributed by atoms with E-state index in [1.54, 1.807) is 13.1 Å². The summed E-state index contributed by atoms with van der Waals surface area (Å²) in [4.78, 5) is 22.5. The Morgan fingerprint density at radius 3 is 2.86 bits per heavy atom. The van der Waals surface area contributed by atoms with Gasteiger partial charge in [0.15, 0.2) is 0 Å². The first kappa shape index (κ1) is 10.7. The molecule has 5 heteroatoms. The summed E-state index contributed by atoms with van der Waals surface area (Å²) in [5, 5.41) is 1.16. The zero-order chi connectivity index (χ0) is 10.7. The number of hydrogen-bond acceptors (Lipinski definition) is 4. The van der Waals surface area contributed by atoms with Crippen molar-refractivity contribution in [3.05, 3.63) is 11.8 Å². The first-order valence-corrected chi connectivity index (χ1v) is 4.32. The highest BCUT2D eigenvalue weighted by Crippen LogP contribution is 2.07. The van der Waals surface area contributed by atoms with Gasteiger partial charge in [-0.25, -0.2) is 5.06 Å². The summed E-state index contributed by atoms with van der Waals surface area (Å²) in [7, 11) is 4.94. The van der Waals surface area contributed by atoms with Crippen molar-refractivity contribution in [1.82, 2.24) is 9.96 Å². The van der Waals surface area contributed by atoms with E-state index in [-0.39, 0.29) is 5.91 Å². The van der Waals surface area contributed by atoms with Gasteiger partial charge in [0.25, 0.3) is 5.91 Å². The molecule has 78 valence electrons. The lowest BCUT2D eigenvalue weighted by Gasteiger charge is -2.23. The number of rotatable bonds is 2. The molecule has 0 fully saturated rings. The topological polar surface area (TPSA) is 45.1 Å². The van der Waals surface area contributed by atoms with Gasteiger partial charge in [-0.05, 0) is 13.0 Å². The molecule has 0 aliphatic carbocycles. The minimum Gasteiger partial charge on any atom is -0.359 e. The molecule has 0 N–H and O–H groups in total. The van der Waals surface area contributed by atoms with Gasteiger partial charge in [-0.1, -0.05) is 0 Å². The molecule has 0 unspecified atom stereocenters. The van der Waals surface area contributed by atoms with Gasteiger partial charge in [0, 0.05) is 19.8 Å². The lowest BCUT2D eigenvalue weighted by atomic mass is 10.2. The Morgan fingerprint density at radius 1 is 1.71 bits per heavy atom. The van der Waals surface area contributed by atoms with E-state index < -0.39 is 0 Å². The summed E-state index contributed by atoms with van der Waals surface area (Å²) in [5.74, 6) is -0.222. The van der Waals surface area contributed by atoms with E-state index >= 15 is 0 Å². The number of hydrogen-bond donors (Lipinski definition) is 0. The molecule has 1 amide bonds. The molecule has 0 aromatic heterocycles. The van der Waals surface area contributed by atoms with Gasteiger partial charge in [-0.3, -0.25) is 14.6 Å². The number of nitrogens with zero attached hydrogens (tertiary/aromatic N) is 3. The van der Waals surface area contributed by atoms with Crippen molar-refractivity contribution in [2.75, 3.05) is 27.9 Å². The number of aliphatic imine (C=N–C) groups is 1. The summed E-state index contributed by atoms with van der Waals surface area (Å²) in [6, 6.07) is 0. The second kappa shape index (κ2) is 4.23. The van der Waals surface area contributed by atoms with Crippen LogP contribution in [-0.2, 0) is 9.63 Å². The van der Waals surface area contributed by atoms with E-state index in [1.807, 2.05) is 18.9 Å². The highest BCUT2D eigenvalue weighted by atomic mass is 16.7. The van der Waals surface area contributed by atoms with Crippen LogP contribution in [0.4, 0.5) is 0 Å². The van der Waals surface area contributed by atoms with Crippen molar-refractivity contribution in [3.63, 3.8) is 0 Å². The molecular weight excluding hydrogens is 182 g/mol. The highest BCUT2D eigenvalue weighted by molar-refractivity contribution is 6.43. The summed E-state index contributed by atoms with van der Waals surface area (Å²) in [6.45, 7) is 2.45. The van der Waals surface area contributed by atoms with Crippen molar-refractivity contribution in [1.29, 1.82) is 0 Å². The Kier molecular flexibility index (Phi) is 3.24. The fourth-order valence-electron chi connectivity index (χ4n) is 1.02. The molecule has 0 saturated carbocycles. The standard InChI is InChI=1S/C9H15N3O2/c1-7-5-8(10-6-11(7)2)9(13)12(3)14-4/h5H,6H2,1-4H3. The van der Waals surface area contributed by atoms with Gasteiger partial charge in [0.1, 0.15) is 12.4 Å². The first-order valence-electron chi connectivity index (χ1n) is 4.32. The van der Waals surface area contributed by atoms with Crippen LogP contribution in [0.15, 0.2) is 16.8 Å². The third-order valence-electron chi connectivity index (χ3n) is 2.18. The quantitative estimate of drug-likeness (QED) is 0.596. The first-order chi connectivity index (χ1) is 6.56. The lowest BCUT2D eigenvalue weighted by Crippen LogP contribution is -2.35. The van der Waals surface area contributed by atoms with Crippen molar-refractivity contribution in [2.24, 2.45) is 4.99 Å². The number of allylic oxidation sites excluding steroid dienone is 1. The highest BCUT2D eigenvalue weighted by Gasteiger charge is 2.18. The molecule has 0 saturated heterocycles. The zero-order valence-electron chi connectivity index (χ0n) is 8.94. The van der Waals surface area contributed by atoms with Gasteiger partial charge in [-0.2, -0.15) is 0 Å². The molecule has 0 aromatic carbocycles. The van der Waals surface area contributed by atoms with Crippen LogP contribution >= 0.6 is 0 Å². The van der Waals surface area contributed by atoms with Crippen LogP contribution in [0, 0.1) is 0 Å². The van der Waals surface area contributed by atoms with Crippen LogP contribution in [0.5, 0.6) is 0 Å². The summed E-state index contributed by atoms with van der Waals surface area (Å²) in [6.07, 6.45) is 1.75. The fourth-order valence-corrected chi connectivity index (χ4v) is 1.02. The molecular formula is C9H15N3O2. The van der Waals surface area contributed by atoms with E-state index in [0.29, 0.717) is 12.4 Å². The van der Waals surface area contributed by atoms with Crippen LogP contribution < -0.4 is 0 Å². The monoisotopic (exact) mass is 197 g/mol. The minimum absolute atomic E-state index is 0.222. The molecule has 1 aliphatic heterocycles. The van der Waals surface area contributed by atoms with E-state index in [0.717, 1.165) is 10.8 Å². The molecule has 5 nitrogen and oxygen atoms in total. The van der Waals surface area contributed by atoms with Crippen LogP contribution in [0.3, 0.4) is 0 Å². The molecule has 0 aromatic rings. The average molecular weight is 197 g/mol. The Morgan fingerprint density at radius 2 is 2.36 bits per heavy atom. The van der Waals surface area contributed by atoms with E-state index in [1.165, 1.54) is 7.11 Å². The molecule has 0 atom stereocenters. The number of carbonyl (C=O) groups excluding carboxylic acids is 1. The van der Waals surface area contributed by atoms with Crippen molar-refractivity contribution < 1.29 is 9.63 Å². The third-order valence-corrected chi connectivity index (χ3v) is 2.18. The van der Waals surface area contributed by atoms with E-state index in [4.69, 9.17) is 4.84 Å². The van der Waals surface area contributed by atoms with Gasteiger partial charge in [-0.15, -0.1) is 0 Å². The molecule has 0 spiro atoms. The number of carbonyl (C=O) groups is 1. The van der Waals surface area contributed by atoms with Gasteiger partial charge in [0.05, 0.1) is 7.11 Å². The Hall–Kier alpha value is -1.36. The van der Waals surface area contributed by atoms with E-state index in [2.05, 4.69) is 4.99 Å². The molecule has 0 radical (unpaired) electrons. The van der Waals surface area contributed by atoms with Crippen molar-refractivity contribution in [3.8, 4) is 0 Å².